The first-order valence-corrected chi connectivity index (χ1v) is 7.94. The Labute approximate surface area is 145 Å². The van der Waals surface area contributed by atoms with Crippen molar-refractivity contribution in [1.82, 2.24) is 14.7 Å². The van der Waals surface area contributed by atoms with Crippen molar-refractivity contribution < 1.29 is 9.21 Å². The average molecular weight is 337 g/mol. The third-order valence-electron chi connectivity index (χ3n) is 3.92. The molecule has 0 bridgehead atoms. The van der Waals surface area contributed by atoms with Gasteiger partial charge >= 0.3 is 5.76 Å². The zero-order valence-electron chi connectivity index (χ0n) is 14.1. The van der Waals surface area contributed by atoms with Gasteiger partial charge in [0.05, 0.1) is 5.92 Å². The molecule has 0 spiro atoms. The Hall–Kier alpha value is -3.15. The molecule has 2 aromatic carbocycles. The van der Waals surface area contributed by atoms with E-state index in [2.05, 4.69) is 5.10 Å². The van der Waals surface area contributed by atoms with Crippen molar-refractivity contribution in [2.75, 3.05) is 14.1 Å². The van der Waals surface area contributed by atoms with E-state index in [1.807, 2.05) is 60.7 Å². The molecule has 128 valence electrons. The zero-order chi connectivity index (χ0) is 17.8. The highest BCUT2D eigenvalue weighted by atomic mass is 16.4. The lowest BCUT2D eigenvalue weighted by Crippen LogP contribution is -2.30. The maximum Gasteiger partial charge on any atom is 0.437 e. The van der Waals surface area contributed by atoms with Crippen LogP contribution >= 0.6 is 0 Å². The van der Waals surface area contributed by atoms with E-state index in [1.165, 1.54) is 4.90 Å². The van der Waals surface area contributed by atoms with Gasteiger partial charge < -0.3 is 9.32 Å². The SMILES string of the molecule is CN(C)C(=O)Cn1nc(C(c2ccccc2)c2ccccc2)oc1=O. The van der Waals surface area contributed by atoms with E-state index in [9.17, 15) is 9.59 Å². The number of amides is 1. The van der Waals surface area contributed by atoms with Crippen LogP contribution in [0.25, 0.3) is 0 Å². The minimum atomic E-state index is -0.637. The van der Waals surface area contributed by atoms with Gasteiger partial charge in [-0.25, -0.2) is 4.79 Å². The van der Waals surface area contributed by atoms with Crippen LogP contribution in [0.3, 0.4) is 0 Å². The lowest BCUT2D eigenvalue weighted by atomic mass is 9.91. The fraction of sp³-hybridized carbons (Fsp3) is 0.211. The molecule has 25 heavy (non-hydrogen) atoms. The molecule has 6 nitrogen and oxygen atoms in total. The Balaban J connectivity index is 2.03. The molecule has 0 unspecified atom stereocenters. The van der Waals surface area contributed by atoms with Gasteiger partial charge in [-0.1, -0.05) is 60.7 Å². The monoisotopic (exact) mass is 337 g/mol. The smallest absolute Gasteiger partial charge is 0.391 e. The van der Waals surface area contributed by atoms with Gasteiger partial charge in [-0.2, -0.15) is 4.68 Å². The van der Waals surface area contributed by atoms with Crippen LogP contribution in [0, 0.1) is 0 Å². The summed E-state index contributed by atoms with van der Waals surface area (Å²) in [5.74, 6) is -0.903. The van der Waals surface area contributed by atoms with E-state index in [1.54, 1.807) is 14.1 Å². The number of rotatable bonds is 5. The lowest BCUT2D eigenvalue weighted by Gasteiger charge is -2.14. The van der Waals surface area contributed by atoms with Crippen LogP contribution in [-0.2, 0) is 11.3 Å². The highest BCUT2D eigenvalue weighted by Crippen LogP contribution is 2.29. The Kier molecular flexibility index (Phi) is 4.79. The van der Waals surface area contributed by atoms with Gasteiger partial charge in [0.25, 0.3) is 0 Å². The van der Waals surface area contributed by atoms with Gasteiger partial charge in [-0.15, -0.1) is 5.10 Å². The maximum atomic E-state index is 12.1. The highest BCUT2D eigenvalue weighted by Gasteiger charge is 2.24. The predicted octanol–water partition coefficient (Wildman–Crippen LogP) is 2.10. The first-order chi connectivity index (χ1) is 12.1. The summed E-state index contributed by atoms with van der Waals surface area (Å²) in [7, 11) is 3.26. The first kappa shape index (κ1) is 16.7. The molecule has 6 heteroatoms. The molecule has 0 aliphatic heterocycles. The number of aromatic nitrogens is 2. The van der Waals surface area contributed by atoms with Crippen molar-refractivity contribution >= 4 is 5.91 Å². The Bertz CT molecular complexity index is 859. The van der Waals surface area contributed by atoms with Gasteiger partial charge in [-0.3, -0.25) is 4.79 Å². The van der Waals surface area contributed by atoms with Crippen LogP contribution in [0.4, 0.5) is 0 Å². The summed E-state index contributed by atoms with van der Waals surface area (Å²) in [6.45, 7) is -0.147. The molecule has 3 aromatic rings. The predicted molar refractivity (Wildman–Crippen MR) is 93.3 cm³/mol. The van der Waals surface area contributed by atoms with Crippen molar-refractivity contribution in [3.63, 3.8) is 0 Å². The summed E-state index contributed by atoms with van der Waals surface area (Å²) in [6, 6.07) is 19.4. The van der Waals surface area contributed by atoms with E-state index in [0.29, 0.717) is 0 Å². The molecular formula is C19H19N3O3. The van der Waals surface area contributed by atoms with Gasteiger partial charge in [0.1, 0.15) is 6.54 Å². The Morgan fingerprint density at radius 1 is 1.04 bits per heavy atom. The van der Waals surface area contributed by atoms with E-state index < -0.39 is 5.76 Å². The highest BCUT2D eigenvalue weighted by molar-refractivity contribution is 5.75. The number of carbonyl (C=O) groups excluding carboxylic acids is 1. The molecular weight excluding hydrogens is 318 g/mol. The minimum absolute atomic E-state index is 0.147. The summed E-state index contributed by atoms with van der Waals surface area (Å²) in [5.41, 5.74) is 1.92. The number of carbonyl (C=O) groups is 1. The summed E-state index contributed by atoms with van der Waals surface area (Å²) in [4.78, 5) is 25.4. The number of likely N-dealkylation sites (N-methyl/N-ethyl adjacent to an activating group) is 1. The second-order valence-electron chi connectivity index (χ2n) is 5.91. The van der Waals surface area contributed by atoms with Crippen LogP contribution in [-0.4, -0.2) is 34.7 Å². The van der Waals surface area contributed by atoms with Crippen molar-refractivity contribution in [2.45, 2.75) is 12.5 Å². The molecule has 0 N–H and O–H groups in total. The van der Waals surface area contributed by atoms with Crippen LogP contribution in [0.5, 0.6) is 0 Å². The van der Waals surface area contributed by atoms with Crippen molar-refractivity contribution in [1.29, 1.82) is 0 Å². The molecule has 1 heterocycles. The minimum Gasteiger partial charge on any atom is -0.391 e. The lowest BCUT2D eigenvalue weighted by molar-refractivity contribution is -0.129. The van der Waals surface area contributed by atoms with E-state index >= 15 is 0 Å². The normalized spacial score (nSPS) is 10.8. The largest absolute Gasteiger partial charge is 0.437 e. The Morgan fingerprint density at radius 3 is 2.04 bits per heavy atom. The molecule has 0 aliphatic carbocycles. The van der Waals surface area contributed by atoms with E-state index in [-0.39, 0.29) is 24.3 Å². The van der Waals surface area contributed by atoms with Crippen LogP contribution < -0.4 is 5.76 Å². The fourth-order valence-corrected chi connectivity index (χ4v) is 2.58. The molecule has 0 atom stereocenters. The van der Waals surface area contributed by atoms with Crippen molar-refractivity contribution in [2.24, 2.45) is 0 Å². The molecule has 1 amide bonds. The third-order valence-corrected chi connectivity index (χ3v) is 3.92. The number of benzene rings is 2. The molecule has 0 aliphatic rings. The van der Waals surface area contributed by atoms with Crippen LogP contribution in [0.1, 0.15) is 22.9 Å². The second kappa shape index (κ2) is 7.17. The molecule has 0 saturated heterocycles. The summed E-state index contributed by atoms with van der Waals surface area (Å²) in [5, 5.41) is 4.28. The van der Waals surface area contributed by atoms with Gasteiger partial charge in [0.15, 0.2) is 0 Å². The molecule has 0 saturated carbocycles. The number of hydrogen-bond acceptors (Lipinski definition) is 4. The number of hydrogen-bond donors (Lipinski definition) is 0. The van der Waals surface area contributed by atoms with Gasteiger partial charge in [0.2, 0.25) is 11.8 Å². The molecule has 0 radical (unpaired) electrons. The van der Waals surface area contributed by atoms with Gasteiger partial charge in [0, 0.05) is 14.1 Å². The number of nitrogens with zero attached hydrogens (tertiary/aromatic N) is 3. The third kappa shape index (κ3) is 3.68. The van der Waals surface area contributed by atoms with Crippen LogP contribution in [0.15, 0.2) is 69.9 Å². The first-order valence-electron chi connectivity index (χ1n) is 7.94. The average Bonchev–Trinajstić information content (AvgIpc) is 2.97. The van der Waals surface area contributed by atoms with Gasteiger partial charge in [-0.05, 0) is 11.1 Å². The summed E-state index contributed by atoms with van der Waals surface area (Å²) in [6.07, 6.45) is 0. The summed E-state index contributed by atoms with van der Waals surface area (Å²) >= 11 is 0. The standard InChI is InChI=1S/C19H19N3O3/c1-21(2)16(23)13-22-19(24)25-18(20-22)17(14-9-5-3-6-10-14)15-11-7-4-8-12-15/h3-12,17H,13H2,1-2H3. The molecule has 1 aromatic heterocycles. The van der Waals surface area contributed by atoms with Crippen molar-refractivity contribution in [3.05, 3.63) is 88.2 Å². The topological polar surface area (TPSA) is 68.3 Å². The Morgan fingerprint density at radius 2 is 1.56 bits per heavy atom. The zero-order valence-corrected chi connectivity index (χ0v) is 14.1. The van der Waals surface area contributed by atoms with E-state index in [0.717, 1.165) is 15.8 Å². The molecule has 3 rings (SSSR count). The molecule has 0 fully saturated rings. The van der Waals surface area contributed by atoms with Crippen molar-refractivity contribution in [3.8, 4) is 0 Å². The van der Waals surface area contributed by atoms with E-state index in [4.69, 9.17) is 4.42 Å². The summed E-state index contributed by atoms with van der Waals surface area (Å²) < 4.78 is 6.46. The quantitative estimate of drug-likeness (QED) is 0.715. The maximum absolute atomic E-state index is 12.1. The second-order valence-corrected chi connectivity index (χ2v) is 5.91. The fourth-order valence-electron chi connectivity index (χ4n) is 2.58. The van der Waals surface area contributed by atoms with Crippen LogP contribution in [0.2, 0.25) is 0 Å².